The molecule has 5 nitrogen and oxygen atoms in total. The second-order valence-electron chi connectivity index (χ2n) is 8.36. The van der Waals surface area contributed by atoms with Gasteiger partial charge in [-0.1, -0.05) is 36.4 Å². The number of H-pyrrole nitrogens is 1. The van der Waals surface area contributed by atoms with Crippen LogP contribution >= 0.6 is 0 Å². The molecule has 0 unspecified atom stereocenters. The van der Waals surface area contributed by atoms with Crippen molar-refractivity contribution < 1.29 is 14.6 Å². The maximum atomic E-state index is 13.6. The molecular formula is C28H22N2O3. The highest BCUT2D eigenvalue weighted by molar-refractivity contribution is 6.12. The van der Waals surface area contributed by atoms with Crippen LogP contribution in [-0.4, -0.2) is 29.7 Å². The third kappa shape index (κ3) is 3.12. The molecule has 2 N–H and O–H groups in total. The summed E-state index contributed by atoms with van der Waals surface area (Å²) < 4.78 is 5.32. The first-order chi connectivity index (χ1) is 16.1. The lowest BCUT2D eigenvalue weighted by Crippen LogP contribution is -2.29. The zero-order valence-corrected chi connectivity index (χ0v) is 18.1. The molecule has 0 radical (unpaired) electrons. The Hall–Kier alpha value is -4.25. The summed E-state index contributed by atoms with van der Waals surface area (Å²) in [5, 5.41) is 13.0. The smallest absolute Gasteiger partial charge is 0.274 e. The van der Waals surface area contributed by atoms with Crippen molar-refractivity contribution >= 4 is 33.3 Å². The molecule has 0 spiro atoms. The molecule has 0 aliphatic carbocycles. The van der Waals surface area contributed by atoms with E-state index in [0.717, 1.165) is 50.7 Å². The standard InChI is InChI=1S/C28H22N2O3/c1-33-20-10-11-25-18(14-20)15-26(29-25)28(32)30-13-12-23-21-4-2-3-5-22(21)24(16-27(23)30)17-6-8-19(31)9-7-17/h2-11,14-16,29,31H,12-13H2,1H3. The predicted molar refractivity (Wildman–Crippen MR) is 131 cm³/mol. The molecule has 1 aliphatic rings. The van der Waals surface area contributed by atoms with E-state index in [9.17, 15) is 9.90 Å². The van der Waals surface area contributed by atoms with Crippen LogP contribution in [0.4, 0.5) is 5.69 Å². The van der Waals surface area contributed by atoms with E-state index in [2.05, 4.69) is 23.2 Å². The first-order valence-electron chi connectivity index (χ1n) is 10.9. The van der Waals surface area contributed by atoms with Crippen LogP contribution < -0.4 is 9.64 Å². The predicted octanol–water partition coefficient (Wildman–Crippen LogP) is 5.91. The van der Waals surface area contributed by atoms with Crippen molar-refractivity contribution in [2.75, 3.05) is 18.6 Å². The number of benzene rings is 4. The van der Waals surface area contributed by atoms with Crippen molar-refractivity contribution in [3.05, 3.63) is 90.1 Å². The number of nitrogens with one attached hydrogen (secondary N) is 1. The van der Waals surface area contributed by atoms with Crippen LogP contribution in [0.25, 0.3) is 32.8 Å². The van der Waals surface area contributed by atoms with Crippen molar-refractivity contribution in [2.45, 2.75) is 6.42 Å². The molecule has 0 saturated heterocycles. The Bertz CT molecular complexity index is 1530. The molecule has 162 valence electrons. The van der Waals surface area contributed by atoms with E-state index in [4.69, 9.17) is 4.74 Å². The number of nitrogens with zero attached hydrogens (tertiary/aromatic N) is 1. The number of aromatic hydroxyl groups is 1. The largest absolute Gasteiger partial charge is 0.508 e. The Morgan fingerprint density at radius 1 is 0.970 bits per heavy atom. The van der Waals surface area contributed by atoms with Crippen molar-refractivity contribution in [1.82, 2.24) is 4.98 Å². The molecular weight excluding hydrogens is 412 g/mol. The third-order valence-electron chi connectivity index (χ3n) is 6.49. The van der Waals surface area contributed by atoms with Gasteiger partial charge in [-0.15, -0.1) is 0 Å². The minimum atomic E-state index is -0.0455. The highest BCUT2D eigenvalue weighted by Gasteiger charge is 2.29. The molecule has 0 atom stereocenters. The van der Waals surface area contributed by atoms with Gasteiger partial charge in [0.1, 0.15) is 17.2 Å². The highest BCUT2D eigenvalue weighted by atomic mass is 16.5. The number of phenols is 1. The number of hydrogen-bond donors (Lipinski definition) is 2. The normalized spacial score (nSPS) is 12.9. The SMILES string of the molecule is COc1ccc2[nH]c(C(=O)N3CCc4c3cc(-c3ccc(O)cc3)c3ccccc43)cc2c1. The average Bonchev–Trinajstić information content (AvgIpc) is 3.47. The van der Waals surface area contributed by atoms with Crippen molar-refractivity contribution in [2.24, 2.45) is 0 Å². The Kier molecular flexibility index (Phi) is 4.37. The van der Waals surface area contributed by atoms with Gasteiger partial charge >= 0.3 is 0 Å². The minimum Gasteiger partial charge on any atom is -0.508 e. The van der Waals surface area contributed by atoms with Crippen molar-refractivity contribution in [1.29, 1.82) is 0 Å². The van der Waals surface area contributed by atoms with Gasteiger partial charge in [0.05, 0.1) is 7.11 Å². The summed E-state index contributed by atoms with van der Waals surface area (Å²) in [6.45, 7) is 0.635. The number of amides is 1. The number of aromatic amines is 1. The zero-order valence-electron chi connectivity index (χ0n) is 18.1. The lowest BCUT2D eigenvalue weighted by atomic mass is 9.93. The minimum absolute atomic E-state index is 0.0455. The number of aromatic nitrogens is 1. The number of carbonyl (C=O) groups is 1. The fraction of sp³-hybridized carbons (Fsp3) is 0.107. The maximum absolute atomic E-state index is 13.6. The van der Waals surface area contributed by atoms with Gasteiger partial charge in [-0.2, -0.15) is 0 Å². The summed E-state index contributed by atoms with van der Waals surface area (Å²) in [7, 11) is 1.64. The number of phenolic OH excluding ortho intramolecular Hbond substituents is 1. The number of anilines is 1. The van der Waals surface area contributed by atoms with Gasteiger partial charge in [0, 0.05) is 23.1 Å². The number of rotatable bonds is 3. The van der Waals surface area contributed by atoms with E-state index in [1.165, 1.54) is 5.56 Å². The third-order valence-corrected chi connectivity index (χ3v) is 6.49. The molecule has 5 aromatic rings. The second-order valence-corrected chi connectivity index (χ2v) is 8.36. The van der Waals surface area contributed by atoms with Crippen LogP contribution in [0.2, 0.25) is 0 Å². The van der Waals surface area contributed by atoms with E-state index in [1.807, 2.05) is 53.4 Å². The monoisotopic (exact) mass is 434 g/mol. The van der Waals surface area contributed by atoms with Crippen molar-refractivity contribution in [3.8, 4) is 22.6 Å². The maximum Gasteiger partial charge on any atom is 0.274 e. The number of ether oxygens (including phenoxy) is 1. The van der Waals surface area contributed by atoms with Crippen molar-refractivity contribution in [3.63, 3.8) is 0 Å². The van der Waals surface area contributed by atoms with Crippen LogP contribution in [0, 0.1) is 0 Å². The Labute approximate surface area is 190 Å². The molecule has 4 aromatic carbocycles. The average molecular weight is 434 g/mol. The van der Waals surface area contributed by atoms with E-state index < -0.39 is 0 Å². The summed E-state index contributed by atoms with van der Waals surface area (Å²) in [6.07, 6.45) is 0.811. The molecule has 33 heavy (non-hydrogen) atoms. The first-order valence-corrected chi connectivity index (χ1v) is 10.9. The van der Waals surface area contributed by atoms with E-state index in [0.29, 0.717) is 12.2 Å². The first kappa shape index (κ1) is 19.4. The van der Waals surface area contributed by atoms with Crippen LogP contribution in [-0.2, 0) is 6.42 Å². The molecule has 0 bridgehead atoms. The lowest BCUT2D eigenvalue weighted by Gasteiger charge is -2.19. The summed E-state index contributed by atoms with van der Waals surface area (Å²) in [5.41, 5.74) is 5.65. The fourth-order valence-electron chi connectivity index (χ4n) is 4.86. The highest BCUT2D eigenvalue weighted by Crippen LogP contribution is 2.41. The molecule has 0 fully saturated rings. The fourth-order valence-corrected chi connectivity index (χ4v) is 4.86. The Morgan fingerprint density at radius 2 is 1.76 bits per heavy atom. The van der Waals surface area contributed by atoms with E-state index in [-0.39, 0.29) is 11.7 Å². The van der Waals surface area contributed by atoms with Crippen LogP contribution in [0.1, 0.15) is 16.1 Å². The van der Waals surface area contributed by atoms with Gasteiger partial charge < -0.3 is 19.7 Å². The quantitative estimate of drug-likeness (QED) is 0.371. The van der Waals surface area contributed by atoms with Gasteiger partial charge in [-0.05, 0) is 76.3 Å². The molecule has 1 amide bonds. The summed E-state index contributed by atoms with van der Waals surface area (Å²) in [5.74, 6) is 0.948. The number of carbonyl (C=O) groups excluding carboxylic acids is 1. The van der Waals surface area contributed by atoms with E-state index in [1.54, 1.807) is 19.2 Å². The number of fused-ring (bicyclic) bond motifs is 4. The molecule has 6 rings (SSSR count). The summed E-state index contributed by atoms with van der Waals surface area (Å²) in [4.78, 5) is 18.7. The van der Waals surface area contributed by atoms with Gasteiger partial charge in [0.15, 0.2) is 0 Å². The van der Waals surface area contributed by atoms with Crippen LogP contribution in [0.15, 0.2) is 78.9 Å². The molecule has 1 aromatic heterocycles. The van der Waals surface area contributed by atoms with Gasteiger partial charge in [0.25, 0.3) is 5.91 Å². The topological polar surface area (TPSA) is 65.6 Å². The molecule has 1 aliphatic heterocycles. The van der Waals surface area contributed by atoms with E-state index >= 15 is 0 Å². The summed E-state index contributed by atoms with van der Waals surface area (Å²) in [6, 6.07) is 25.3. The lowest BCUT2D eigenvalue weighted by molar-refractivity contribution is 0.0985. The Morgan fingerprint density at radius 3 is 2.55 bits per heavy atom. The summed E-state index contributed by atoms with van der Waals surface area (Å²) >= 11 is 0. The van der Waals surface area contributed by atoms with Crippen LogP contribution in [0.5, 0.6) is 11.5 Å². The van der Waals surface area contributed by atoms with Gasteiger partial charge in [-0.25, -0.2) is 0 Å². The number of methoxy groups -OCH3 is 1. The molecule has 0 saturated carbocycles. The molecule has 5 heteroatoms. The zero-order chi connectivity index (χ0) is 22.5. The van der Waals surface area contributed by atoms with Crippen LogP contribution in [0.3, 0.4) is 0 Å². The second kappa shape index (κ2) is 7.41. The van der Waals surface area contributed by atoms with Gasteiger partial charge in [-0.3, -0.25) is 4.79 Å². The Balaban J connectivity index is 1.47. The number of hydrogen-bond acceptors (Lipinski definition) is 3. The van der Waals surface area contributed by atoms with Gasteiger partial charge in [0.2, 0.25) is 0 Å². The molecule has 2 heterocycles.